The van der Waals surface area contributed by atoms with Gasteiger partial charge in [-0.3, -0.25) is 0 Å². The third kappa shape index (κ3) is 3.82. The van der Waals surface area contributed by atoms with E-state index in [1.807, 2.05) is 6.07 Å². The molecule has 2 nitrogen and oxygen atoms in total. The molecule has 8 aromatic rings. The Hall–Kier alpha value is -5.86. The van der Waals surface area contributed by atoms with Crippen LogP contribution in [0.2, 0.25) is 0 Å². The maximum absolute atomic E-state index is 6.48. The van der Waals surface area contributed by atoms with Gasteiger partial charge in [-0.2, -0.15) is 0 Å². The molecule has 1 aliphatic carbocycles. The van der Waals surface area contributed by atoms with E-state index in [2.05, 4.69) is 175 Å². The largest absolute Gasteiger partial charge is 0.456 e. The first-order valence-electron chi connectivity index (χ1n) is 15.4. The van der Waals surface area contributed by atoms with Crippen LogP contribution < -0.4 is 4.90 Å². The van der Waals surface area contributed by atoms with Crippen molar-refractivity contribution in [3.05, 3.63) is 198 Å². The highest BCUT2D eigenvalue weighted by Gasteiger charge is 2.46. The Bertz CT molecular complexity index is 2280. The molecule has 0 fully saturated rings. The van der Waals surface area contributed by atoms with Gasteiger partial charge in [0.1, 0.15) is 11.2 Å². The zero-order valence-corrected chi connectivity index (χ0v) is 24.6. The van der Waals surface area contributed by atoms with Gasteiger partial charge >= 0.3 is 0 Å². The highest BCUT2D eigenvalue weighted by molar-refractivity contribution is 6.05. The van der Waals surface area contributed by atoms with Crippen LogP contribution in [0.25, 0.3) is 33.1 Å². The van der Waals surface area contributed by atoms with Crippen molar-refractivity contribution in [1.82, 2.24) is 0 Å². The molecule has 1 aliphatic rings. The van der Waals surface area contributed by atoms with Crippen molar-refractivity contribution < 1.29 is 4.42 Å². The van der Waals surface area contributed by atoms with E-state index < -0.39 is 5.41 Å². The van der Waals surface area contributed by atoms with Crippen molar-refractivity contribution in [2.75, 3.05) is 4.90 Å². The van der Waals surface area contributed by atoms with E-state index in [1.165, 1.54) is 33.4 Å². The number of hydrogen-bond donors (Lipinski definition) is 0. The van der Waals surface area contributed by atoms with Crippen LogP contribution in [0.15, 0.2) is 180 Å². The van der Waals surface area contributed by atoms with Gasteiger partial charge in [0.25, 0.3) is 0 Å². The number of hydrogen-bond acceptors (Lipinski definition) is 2. The van der Waals surface area contributed by atoms with E-state index in [-0.39, 0.29) is 0 Å². The molecule has 1 heterocycles. The van der Waals surface area contributed by atoms with Gasteiger partial charge in [0.05, 0.1) is 5.41 Å². The van der Waals surface area contributed by atoms with Crippen molar-refractivity contribution in [3.8, 4) is 11.1 Å². The molecule has 0 saturated heterocycles. The van der Waals surface area contributed by atoms with Crippen LogP contribution in [-0.2, 0) is 5.41 Å². The van der Waals surface area contributed by atoms with Gasteiger partial charge in [-0.15, -0.1) is 0 Å². The lowest BCUT2D eigenvalue weighted by atomic mass is 9.67. The molecule has 7 aromatic carbocycles. The van der Waals surface area contributed by atoms with Gasteiger partial charge in [0.2, 0.25) is 0 Å². The summed E-state index contributed by atoms with van der Waals surface area (Å²) >= 11 is 0. The smallest absolute Gasteiger partial charge is 0.135 e. The number of para-hydroxylation sites is 3. The van der Waals surface area contributed by atoms with Gasteiger partial charge in [-0.25, -0.2) is 0 Å². The number of fused-ring (bicyclic) bond motifs is 6. The lowest BCUT2D eigenvalue weighted by Crippen LogP contribution is -2.28. The predicted octanol–water partition coefficient (Wildman–Crippen LogP) is 11.4. The molecule has 0 amide bonds. The first kappa shape index (κ1) is 25.6. The van der Waals surface area contributed by atoms with Crippen molar-refractivity contribution in [1.29, 1.82) is 0 Å². The van der Waals surface area contributed by atoms with Crippen LogP contribution >= 0.6 is 0 Å². The minimum absolute atomic E-state index is 0.546. The van der Waals surface area contributed by atoms with Crippen LogP contribution in [-0.4, -0.2) is 0 Å². The molecule has 0 radical (unpaired) electrons. The van der Waals surface area contributed by atoms with Crippen molar-refractivity contribution >= 4 is 39.0 Å². The molecule has 45 heavy (non-hydrogen) atoms. The summed E-state index contributed by atoms with van der Waals surface area (Å²) in [6.45, 7) is 0. The Morgan fingerprint density at radius 1 is 0.378 bits per heavy atom. The van der Waals surface area contributed by atoms with Gasteiger partial charge in [-0.1, -0.05) is 127 Å². The molecule has 0 bridgehead atoms. The summed E-state index contributed by atoms with van der Waals surface area (Å²) in [4.78, 5) is 2.35. The zero-order chi connectivity index (χ0) is 29.8. The minimum atomic E-state index is -0.546. The van der Waals surface area contributed by atoms with E-state index in [4.69, 9.17) is 4.42 Å². The summed E-state index contributed by atoms with van der Waals surface area (Å²) < 4.78 is 6.48. The van der Waals surface area contributed by atoms with E-state index in [0.29, 0.717) is 0 Å². The molecule has 9 rings (SSSR count). The fourth-order valence-corrected chi connectivity index (χ4v) is 7.44. The molecule has 1 aromatic heterocycles. The highest BCUT2D eigenvalue weighted by atomic mass is 16.3. The fraction of sp³-hybridized carbons (Fsp3) is 0.0233. The molecule has 0 saturated carbocycles. The number of furan rings is 1. The molecule has 1 atom stereocenters. The van der Waals surface area contributed by atoms with Crippen molar-refractivity contribution in [2.45, 2.75) is 5.41 Å². The standard InChI is InChI=1S/C43H29NO/c1-4-14-30(15-5-1)43(31-24-26-38-37-21-11-13-23-41(37)45-42(38)28-31)39-22-12-10-20-35(39)36-27-25-34(29-40(36)43)44(32-16-6-2-7-17-32)33-18-8-3-9-19-33/h1-29H. The molecule has 212 valence electrons. The summed E-state index contributed by atoms with van der Waals surface area (Å²) in [5.74, 6) is 0. The van der Waals surface area contributed by atoms with Crippen molar-refractivity contribution in [3.63, 3.8) is 0 Å². The molecule has 0 N–H and O–H groups in total. The number of nitrogens with zero attached hydrogens (tertiary/aromatic N) is 1. The predicted molar refractivity (Wildman–Crippen MR) is 186 cm³/mol. The van der Waals surface area contributed by atoms with Crippen LogP contribution in [0, 0.1) is 0 Å². The minimum Gasteiger partial charge on any atom is -0.456 e. The molecular formula is C43H29NO. The molecule has 1 unspecified atom stereocenters. The summed E-state index contributed by atoms with van der Waals surface area (Å²) in [5.41, 5.74) is 12.1. The lowest BCUT2D eigenvalue weighted by molar-refractivity contribution is 0.665. The maximum atomic E-state index is 6.48. The fourth-order valence-electron chi connectivity index (χ4n) is 7.44. The Labute approximate surface area is 262 Å². The summed E-state index contributed by atoms with van der Waals surface area (Å²) in [6, 6.07) is 63.2. The van der Waals surface area contributed by atoms with Crippen LogP contribution in [0.1, 0.15) is 22.3 Å². The molecule has 2 heteroatoms. The Morgan fingerprint density at radius 3 is 1.73 bits per heavy atom. The number of anilines is 3. The van der Waals surface area contributed by atoms with Gasteiger partial charge < -0.3 is 9.32 Å². The second-order valence-corrected chi connectivity index (χ2v) is 11.7. The Morgan fingerprint density at radius 2 is 0.978 bits per heavy atom. The topological polar surface area (TPSA) is 16.4 Å². The Kier molecular flexibility index (Phi) is 5.76. The van der Waals surface area contributed by atoms with Crippen LogP contribution in [0.4, 0.5) is 17.1 Å². The van der Waals surface area contributed by atoms with Crippen LogP contribution in [0.3, 0.4) is 0 Å². The lowest BCUT2D eigenvalue weighted by Gasteiger charge is -2.35. The van der Waals surface area contributed by atoms with Gasteiger partial charge in [-0.05, 0) is 81.9 Å². The molecular weight excluding hydrogens is 546 g/mol. The van der Waals surface area contributed by atoms with Gasteiger partial charge in [0.15, 0.2) is 0 Å². The average Bonchev–Trinajstić information content (AvgIpc) is 3.63. The quantitative estimate of drug-likeness (QED) is 0.203. The van der Waals surface area contributed by atoms with Crippen LogP contribution in [0.5, 0.6) is 0 Å². The third-order valence-corrected chi connectivity index (χ3v) is 9.33. The summed E-state index contributed by atoms with van der Waals surface area (Å²) in [6.07, 6.45) is 0. The van der Waals surface area contributed by atoms with E-state index in [0.717, 1.165) is 39.0 Å². The second-order valence-electron chi connectivity index (χ2n) is 11.7. The third-order valence-electron chi connectivity index (χ3n) is 9.33. The highest BCUT2D eigenvalue weighted by Crippen LogP contribution is 2.57. The SMILES string of the molecule is c1ccc(N(c2ccccc2)c2ccc3c(c2)C(c2ccccc2)(c2ccc4c(c2)oc2ccccc24)c2ccccc2-3)cc1. The summed E-state index contributed by atoms with van der Waals surface area (Å²) in [7, 11) is 0. The number of benzene rings is 7. The van der Waals surface area contributed by atoms with Crippen molar-refractivity contribution in [2.24, 2.45) is 0 Å². The van der Waals surface area contributed by atoms with E-state index >= 15 is 0 Å². The zero-order valence-electron chi connectivity index (χ0n) is 24.6. The number of rotatable bonds is 5. The molecule has 0 aliphatic heterocycles. The maximum Gasteiger partial charge on any atom is 0.135 e. The second kappa shape index (κ2) is 10.1. The molecule has 0 spiro atoms. The monoisotopic (exact) mass is 575 g/mol. The average molecular weight is 576 g/mol. The van der Waals surface area contributed by atoms with E-state index in [1.54, 1.807) is 0 Å². The first-order valence-corrected chi connectivity index (χ1v) is 15.4. The van der Waals surface area contributed by atoms with E-state index in [9.17, 15) is 0 Å². The normalized spacial score (nSPS) is 15.2. The van der Waals surface area contributed by atoms with Gasteiger partial charge in [0, 0.05) is 27.8 Å². The first-order chi connectivity index (χ1) is 22.3. The summed E-state index contributed by atoms with van der Waals surface area (Å²) in [5, 5.41) is 2.28. The Balaban J connectivity index is 1.36.